The van der Waals surface area contributed by atoms with Gasteiger partial charge in [-0.25, -0.2) is 4.79 Å². The van der Waals surface area contributed by atoms with Crippen LogP contribution in [0, 0.1) is 0 Å². The zero-order valence-corrected chi connectivity index (χ0v) is 17.1. The molecule has 5 nitrogen and oxygen atoms in total. The average Bonchev–Trinajstić information content (AvgIpc) is 2.92. The molecule has 28 heavy (non-hydrogen) atoms. The summed E-state index contributed by atoms with van der Waals surface area (Å²) in [6, 6.07) is 10.2. The minimum atomic E-state index is -1.21. The fourth-order valence-electron chi connectivity index (χ4n) is 2.81. The van der Waals surface area contributed by atoms with Gasteiger partial charge >= 0.3 is 5.97 Å². The van der Waals surface area contributed by atoms with Crippen LogP contribution in [0.1, 0.15) is 31.9 Å². The monoisotopic (exact) mass is 419 g/mol. The van der Waals surface area contributed by atoms with Crippen LogP contribution in [0.15, 0.2) is 36.4 Å². The SMILES string of the molecule is CCOC(=O)C(C)(C)Oc1ccc(Cl)cc1/C=C1\C(=O)Nc2cc(Cl)ccc21. The first-order valence-electron chi connectivity index (χ1n) is 8.70. The number of carbonyl (C=O) groups is 2. The van der Waals surface area contributed by atoms with Gasteiger partial charge in [-0.2, -0.15) is 0 Å². The molecule has 0 atom stereocenters. The van der Waals surface area contributed by atoms with E-state index in [-0.39, 0.29) is 12.5 Å². The molecule has 146 valence electrons. The predicted octanol–water partition coefficient (Wildman–Crippen LogP) is 5.21. The minimum absolute atomic E-state index is 0.253. The van der Waals surface area contributed by atoms with Crippen molar-refractivity contribution in [3.8, 4) is 5.75 Å². The Morgan fingerprint density at radius 1 is 1.14 bits per heavy atom. The van der Waals surface area contributed by atoms with Crippen molar-refractivity contribution in [2.24, 2.45) is 0 Å². The highest BCUT2D eigenvalue weighted by atomic mass is 35.5. The molecule has 1 N–H and O–H groups in total. The zero-order valence-electron chi connectivity index (χ0n) is 15.6. The van der Waals surface area contributed by atoms with Gasteiger partial charge in [0, 0.05) is 26.7 Å². The number of carbonyl (C=O) groups excluding carboxylic acids is 2. The number of rotatable bonds is 5. The Hall–Kier alpha value is -2.50. The van der Waals surface area contributed by atoms with Crippen LogP contribution >= 0.6 is 23.2 Å². The number of benzene rings is 2. The predicted molar refractivity (Wildman–Crippen MR) is 111 cm³/mol. The molecule has 0 spiro atoms. The fourth-order valence-corrected chi connectivity index (χ4v) is 3.16. The first-order chi connectivity index (χ1) is 13.2. The summed E-state index contributed by atoms with van der Waals surface area (Å²) in [4.78, 5) is 24.6. The summed E-state index contributed by atoms with van der Waals surface area (Å²) < 4.78 is 11.0. The van der Waals surface area contributed by atoms with Crippen molar-refractivity contribution in [2.45, 2.75) is 26.4 Å². The Kier molecular flexibility index (Phi) is 5.68. The number of esters is 1. The minimum Gasteiger partial charge on any atom is -0.476 e. The van der Waals surface area contributed by atoms with Crippen molar-refractivity contribution in [1.82, 2.24) is 0 Å². The highest BCUT2D eigenvalue weighted by molar-refractivity contribution is 6.37. The lowest BCUT2D eigenvalue weighted by Crippen LogP contribution is -2.39. The Bertz CT molecular complexity index is 982. The van der Waals surface area contributed by atoms with E-state index in [0.717, 1.165) is 5.56 Å². The van der Waals surface area contributed by atoms with Gasteiger partial charge in [-0.05, 0) is 57.2 Å². The topological polar surface area (TPSA) is 64.6 Å². The normalized spacial score (nSPS) is 14.6. The van der Waals surface area contributed by atoms with Crippen LogP contribution in [-0.2, 0) is 14.3 Å². The Labute approximate surface area is 173 Å². The summed E-state index contributed by atoms with van der Waals surface area (Å²) >= 11 is 12.1. The van der Waals surface area contributed by atoms with Gasteiger partial charge in [0.05, 0.1) is 12.3 Å². The molecule has 0 bridgehead atoms. The Balaban J connectivity index is 2.02. The van der Waals surface area contributed by atoms with E-state index >= 15 is 0 Å². The molecule has 0 unspecified atom stereocenters. The summed E-state index contributed by atoms with van der Waals surface area (Å²) in [5.41, 5.74) is 1.18. The van der Waals surface area contributed by atoms with E-state index in [1.165, 1.54) is 0 Å². The lowest BCUT2D eigenvalue weighted by atomic mass is 10.0. The third kappa shape index (κ3) is 4.16. The van der Waals surface area contributed by atoms with Crippen LogP contribution in [0.3, 0.4) is 0 Å². The molecule has 0 saturated heterocycles. The Morgan fingerprint density at radius 2 is 1.82 bits per heavy atom. The molecule has 1 aliphatic heterocycles. The van der Waals surface area contributed by atoms with E-state index in [1.54, 1.807) is 63.2 Å². The fraction of sp³-hybridized carbons (Fsp3) is 0.238. The molecule has 1 heterocycles. The lowest BCUT2D eigenvalue weighted by molar-refractivity contribution is -0.158. The van der Waals surface area contributed by atoms with Gasteiger partial charge in [0.25, 0.3) is 5.91 Å². The van der Waals surface area contributed by atoms with Gasteiger partial charge in [-0.1, -0.05) is 29.3 Å². The summed E-state index contributed by atoms with van der Waals surface area (Å²) in [5, 5.41) is 3.79. The second kappa shape index (κ2) is 7.86. The maximum atomic E-state index is 12.5. The summed E-state index contributed by atoms with van der Waals surface area (Å²) in [5.74, 6) is -0.333. The molecule has 0 fully saturated rings. The van der Waals surface area contributed by atoms with E-state index < -0.39 is 11.6 Å². The van der Waals surface area contributed by atoms with Gasteiger partial charge in [-0.15, -0.1) is 0 Å². The van der Waals surface area contributed by atoms with Crippen molar-refractivity contribution < 1.29 is 19.1 Å². The van der Waals surface area contributed by atoms with Crippen molar-refractivity contribution in [1.29, 1.82) is 0 Å². The molecular weight excluding hydrogens is 401 g/mol. The zero-order chi connectivity index (χ0) is 20.5. The van der Waals surface area contributed by atoms with E-state index in [1.807, 2.05) is 0 Å². The average molecular weight is 420 g/mol. The molecule has 7 heteroatoms. The van der Waals surface area contributed by atoms with Gasteiger partial charge in [0.2, 0.25) is 0 Å². The van der Waals surface area contributed by atoms with Crippen molar-refractivity contribution >= 4 is 52.4 Å². The van der Waals surface area contributed by atoms with Crippen LogP contribution < -0.4 is 10.1 Å². The molecule has 0 aliphatic carbocycles. The molecule has 2 aromatic rings. The molecule has 0 saturated carbocycles. The largest absolute Gasteiger partial charge is 0.476 e. The number of amides is 1. The maximum absolute atomic E-state index is 12.5. The second-order valence-corrected chi connectivity index (χ2v) is 7.59. The Morgan fingerprint density at radius 3 is 2.54 bits per heavy atom. The molecule has 1 amide bonds. The van der Waals surface area contributed by atoms with Crippen LogP contribution in [0.25, 0.3) is 11.6 Å². The van der Waals surface area contributed by atoms with E-state index in [9.17, 15) is 9.59 Å². The van der Waals surface area contributed by atoms with Gasteiger partial charge in [0.15, 0.2) is 5.60 Å². The van der Waals surface area contributed by atoms with Crippen LogP contribution in [-0.4, -0.2) is 24.1 Å². The lowest BCUT2D eigenvalue weighted by Gasteiger charge is -2.25. The quantitative estimate of drug-likeness (QED) is 0.533. The van der Waals surface area contributed by atoms with Gasteiger partial charge in [0.1, 0.15) is 5.75 Å². The molecular formula is C21H19Cl2NO4. The third-order valence-corrected chi connectivity index (χ3v) is 4.64. The van der Waals surface area contributed by atoms with E-state index in [4.69, 9.17) is 32.7 Å². The first-order valence-corrected chi connectivity index (χ1v) is 9.45. The van der Waals surface area contributed by atoms with Crippen molar-refractivity contribution in [3.63, 3.8) is 0 Å². The third-order valence-electron chi connectivity index (χ3n) is 4.17. The molecule has 0 aromatic heterocycles. The van der Waals surface area contributed by atoms with Crippen LogP contribution in [0.2, 0.25) is 10.0 Å². The standard InChI is InChI=1S/C21H19Cl2NO4/c1-4-27-20(26)21(2,3)28-18-8-6-13(22)9-12(18)10-16-15-7-5-14(23)11-17(15)24-19(16)25/h5-11H,4H2,1-3H3,(H,24,25)/b16-10-. The van der Waals surface area contributed by atoms with Crippen LogP contribution in [0.5, 0.6) is 5.75 Å². The summed E-state index contributed by atoms with van der Waals surface area (Å²) in [6.45, 7) is 5.23. The number of fused-ring (bicyclic) bond motifs is 1. The van der Waals surface area contributed by atoms with E-state index in [0.29, 0.717) is 32.6 Å². The number of anilines is 1. The number of halogens is 2. The highest BCUT2D eigenvalue weighted by Crippen LogP contribution is 2.37. The van der Waals surface area contributed by atoms with Crippen LogP contribution in [0.4, 0.5) is 5.69 Å². The first kappa shape index (κ1) is 20.2. The highest BCUT2D eigenvalue weighted by Gasteiger charge is 2.32. The van der Waals surface area contributed by atoms with Gasteiger partial charge in [-0.3, -0.25) is 4.79 Å². The molecule has 3 rings (SSSR count). The van der Waals surface area contributed by atoms with Crippen molar-refractivity contribution in [3.05, 3.63) is 57.6 Å². The number of hydrogen-bond acceptors (Lipinski definition) is 4. The van der Waals surface area contributed by atoms with Gasteiger partial charge < -0.3 is 14.8 Å². The molecule has 1 aliphatic rings. The number of hydrogen-bond donors (Lipinski definition) is 1. The second-order valence-electron chi connectivity index (χ2n) is 6.72. The number of nitrogens with one attached hydrogen (secondary N) is 1. The van der Waals surface area contributed by atoms with E-state index in [2.05, 4.69) is 5.32 Å². The summed E-state index contributed by atoms with van der Waals surface area (Å²) in [6.07, 6.45) is 1.68. The maximum Gasteiger partial charge on any atom is 0.349 e. The number of ether oxygens (including phenoxy) is 2. The molecule has 2 aromatic carbocycles. The smallest absolute Gasteiger partial charge is 0.349 e. The van der Waals surface area contributed by atoms with Crippen molar-refractivity contribution in [2.75, 3.05) is 11.9 Å². The molecule has 0 radical (unpaired) electrons. The summed E-state index contributed by atoms with van der Waals surface area (Å²) in [7, 11) is 0.